The molecule has 0 aliphatic rings. The van der Waals surface area contributed by atoms with E-state index in [0.29, 0.717) is 0 Å². The third-order valence-electron chi connectivity index (χ3n) is 0.570. The smallest absolute Gasteiger partial charge is 0.232 e. The van der Waals surface area contributed by atoms with Gasteiger partial charge in [0, 0.05) is 14.1 Å². The van der Waals surface area contributed by atoms with Gasteiger partial charge in [0.15, 0.2) is 0 Å². The maximum Gasteiger partial charge on any atom is 0.232 e. The van der Waals surface area contributed by atoms with Gasteiger partial charge in [-0.25, -0.2) is 5.43 Å². The van der Waals surface area contributed by atoms with Crippen molar-refractivity contribution in [1.82, 2.24) is 10.4 Å². The lowest BCUT2D eigenvalue weighted by molar-refractivity contribution is -0.117. The van der Waals surface area contributed by atoms with E-state index < -0.39 is 0 Å². The first-order valence-corrected chi connectivity index (χ1v) is 2.32. The summed E-state index contributed by atoms with van der Waals surface area (Å²) in [6, 6.07) is 0. The van der Waals surface area contributed by atoms with Crippen molar-refractivity contribution in [2.24, 2.45) is 5.73 Å². The van der Waals surface area contributed by atoms with Crippen LogP contribution in [0.2, 0.25) is 0 Å². The average molecular weight is 117 g/mol. The highest BCUT2D eigenvalue weighted by atomic mass is 16.1. The van der Waals surface area contributed by atoms with Crippen molar-refractivity contribution in [2.75, 3.05) is 20.6 Å². The molecule has 4 heteroatoms. The molecule has 1 amide bonds. The van der Waals surface area contributed by atoms with Gasteiger partial charge >= 0.3 is 0 Å². The molecule has 8 heavy (non-hydrogen) atoms. The van der Waals surface area contributed by atoms with Gasteiger partial charge in [0.1, 0.15) is 0 Å². The van der Waals surface area contributed by atoms with Crippen LogP contribution in [0.4, 0.5) is 0 Å². The molecule has 0 radical (unpaired) electrons. The van der Waals surface area contributed by atoms with Gasteiger partial charge in [-0.05, 0) is 0 Å². The molecule has 0 rings (SSSR count). The van der Waals surface area contributed by atoms with Gasteiger partial charge in [-0.3, -0.25) is 9.80 Å². The predicted octanol–water partition coefficient (Wildman–Crippen LogP) is -1.46. The van der Waals surface area contributed by atoms with Gasteiger partial charge in [-0.1, -0.05) is 0 Å². The summed E-state index contributed by atoms with van der Waals surface area (Å²) in [5, 5.41) is 1.67. The Labute approximate surface area is 48.6 Å². The Morgan fingerprint density at radius 3 is 2.38 bits per heavy atom. The highest BCUT2D eigenvalue weighted by Gasteiger charge is 1.90. The summed E-state index contributed by atoms with van der Waals surface area (Å²) in [6.07, 6.45) is 0. The van der Waals surface area contributed by atoms with E-state index in [1.165, 1.54) is 0 Å². The molecule has 48 valence electrons. The molecule has 0 aromatic rings. The van der Waals surface area contributed by atoms with Gasteiger partial charge < -0.3 is 5.73 Å². The van der Waals surface area contributed by atoms with E-state index in [-0.39, 0.29) is 12.5 Å². The number of carbonyl (C=O) groups excluding carboxylic acids is 1. The van der Waals surface area contributed by atoms with Gasteiger partial charge in [0.25, 0.3) is 0 Å². The molecule has 0 atom stereocenters. The number of hydrazine groups is 1. The van der Waals surface area contributed by atoms with Crippen molar-refractivity contribution in [3.63, 3.8) is 0 Å². The molecule has 0 aliphatic carbocycles. The number of nitrogens with zero attached hydrogens (tertiary/aromatic N) is 1. The number of hydrogen-bond acceptors (Lipinski definition) is 3. The number of nitrogens with one attached hydrogen (secondary N) is 1. The number of nitrogens with two attached hydrogens (primary N) is 1. The molecule has 0 saturated heterocycles. The van der Waals surface area contributed by atoms with E-state index in [9.17, 15) is 4.79 Å². The summed E-state index contributed by atoms with van der Waals surface area (Å²) in [4.78, 5) is 10.0. The lowest BCUT2D eigenvalue weighted by atomic mass is 10.6. The van der Waals surface area contributed by atoms with Crippen molar-refractivity contribution >= 4 is 5.91 Å². The highest BCUT2D eigenvalue weighted by molar-refractivity contribution is 5.75. The van der Waals surface area contributed by atoms with Crippen molar-refractivity contribution in [2.45, 2.75) is 0 Å². The van der Waals surface area contributed by atoms with Crippen molar-refractivity contribution in [1.29, 1.82) is 0 Å². The maximum absolute atomic E-state index is 10.0. The summed E-state index contributed by atoms with van der Waals surface area (Å²) >= 11 is 0. The van der Waals surface area contributed by atoms with Crippen LogP contribution in [-0.4, -0.2) is 31.6 Å². The number of amides is 1. The van der Waals surface area contributed by atoms with Crippen molar-refractivity contribution in [3.8, 4) is 0 Å². The van der Waals surface area contributed by atoms with Crippen LogP contribution >= 0.6 is 0 Å². The van der Waals surface area contributed by atoms with Crippen molar-refractivity contribution in [3.05, 3.63) is 0 Å². The van der Waals surface area contributed by atoms with Gasteiger partial charge in [0.05, 0.1) is 6.54 Å². The van der Waals surface area contributed by atoms with E-state index in [1.54, 1.807) is 19.1 Å². The van der Waals surface area contributed by atoms with Crippen LogP contribution in [0.15, 0.2) is 0 Å². The highest BCUT2D eigenvalue weighted by Crippen LogP contribution is 1.59. The summed E-state index contributed by atoms with van der Waals surface area (Å²) in [7, 11) is 3.59. The molecule has 0 saturated carbocycles. The predicted molar refractivity (Wildman–Crippen MR) is 30.9 cm³/mol. The molecule has 0 aromatic carbocycles. The summed E-state index contributed by atoms with van der Waals surface area (Å²) in [5.41, 5.74) is 7.52. The third-order valence-corrected chi connectivity index (χ3v) is 0.570. The van der Waals surface area contributed by atoms with E-state index in [1.807, 2.05) is 0 Å². The normalized spacial score (nSPS) is 9.88. The fourth-order valence-corrected chi connectivity index (χ4v) is 0.236. The molecule has 0 aromatic heterocycles. The van der Waals surface area contributed by atoms with Gasteiger partial charge in [-0.15, -0.1) is 0 Å². The minimum atomic E-state index is -0.348. The molecular weight excluding hydrogens is 106 g/mol. The Morgan fingerprint density at radius 2 is 2.25 bits per heavy atom. The Bertz CT molecular complexity index is 81.4. The Morgan fingerprint density at radius 1 is 1.75 bits per heavy atom. The quantitative estimate of drug-likeness (QED) is 0.444. The zero-order valence-corrected chi connectivity index (χ0v) is 5.14. The van der Waals surface area contributed by atoms with Crippen LogP contribution in [0.25, 0.3) is 0 Å². The summed E-state index contributed by atoms with van der Waals surface area (Å²) in [6.45, 7) is 0.201. The van der Waals surface area contributed by atoms with Crippen LogP contribution in [0.5, 0.6) is 0 Å². The number of rotatable bonds is 3. The van der Waals surface area contributed by atoms with Crippen LogP contribution in [0, 0.1) is 0 Å². The first kappa shape index (κ1) is 7.39. The van der Waals surface area contributed by atoms with Crippen LogP contribution in [-0.2, 0) is 4.79 Å². The van der Waals surface area contributed by atoms with Gasteiger partial charge in [-0.2, -0.15) is 0 Å². The zero-order chi connectivity index (χ0) is 6.57. The minimum Gasteiger partial charge on any atom is -0.369 e. The van der Waals surface area contributed by atoms with E-state index in [4.69, 9.17) is 5.73 Å². The van der Waals surface area contributed by atoms with Crippen LogP contribution in [0.1, 0.15) is 0 Å². The average Bonchev–Trinajstić information content (AvgIpc) is 1.61. The Hall–Kier alpha value is -0.610. The van der Waals surface area contributed by atoms with Gasteiger partial charge in [0.2, 0.25) is 5.91 Å². The monoisotopic (exact) mass is 117 g/mol. The molecule has 0 spiro atoms. The summed E-state index contributed by atoms with van der Waals surface area (Å²) < 4.78 is 0. The molecule has 4 nitrogen and oxygen atoms in total. The minimum absolute atomic E-state index is 0.201. The topological polar surface area (TPSA) is 58.4 Å². The van der Waals surface area contributed by atoms with E-state index in [0.717, 1.165) is 0 Å². The molecule has 0 aliphatic heterocycles. The van der Waals surface area contributed by atoms with E-state index >= 15 is 0 Å². The fraction of sp³-hybridized carbons (Fsp3) is 0.750. The van der Waals surface area contributed by atoms with Crippen LogP contribution in [0.3, 0.4) is 0 Å². The Balaban J connectivity index is 3.05. The maximum atomic E-state index is 10.0. The second-order valence-corrected chi connectivity index (χ2v) is 1.70. The van der Waals surface area contributed by atoms with E-state index in [2.05, 4.69) is 5.43 Å². The number of primary amides is 1. The second kappa shape index (κ2) is 3.40. The number of hydrogen-bond donors (Lipinski definition) is 2. The standard InChI is InChI=1S/C4H11N3O/c1-7(2)6-3-4(5)8/h6H,3H2,1-2H3,(H2,5,8). The Kier molecular flexibility index (Phi) is 3.14. The zero-order valence-electron chi connectivity index (χ0n) is 5.14. The molecule has 3 N–H and O–H groups in total. The molecule has 0 heterocycles. The van der Waals surface area contributed by atoms with Crippen molar-refractivity contribution < 1.29 is 4.79 Å². The second-order valence-electron chi connectivity index (χ2n) is 1.70. The van der Waals surface area contributed by atoms with Crippen LogP contribution < -0.4 is 11.2 Å². The molecule has 0 unspecified atom stereocenters. The lowest BCUT2D eigenvalue weighted by Crippen LogP contribution is -2.37. The largest absolute Gasteiger partial charge is 0.369 e. The SMILES string of the molecule is CN(C)NCC(N)=O. The first-order valence-electron chi connectivity index (χ1n) is 2.32. The number of carbonyl (C=O) groups is 1. The lowest BCUT2D eigenvalue weighted by Gasteiger charge is -2.08. The third kappa shape index (κ3) is 5.39. The molecule has 0 bridgehead atoms. The molecular formula is C4H11N3O. The fourth-order valence-electron chi connectivity index (χ4n) is 0.236. The molecule has 0 fully saturated rings. The summed E-state index contributed by atoms with van der Waals surface area (Å²) in [5.74, 6) is -0.348. The first-order chi connectivity index (χ1) is 3.63.